The van der Waals surface area contributed by atoms with E-state index >= 15 is 0 Å². The molecule has 112 valence electrons. The number of aliphatic hydroxyl groups is 1. The van der Waals surface area contributed by atoms with Gasteiger partial charge in [0.25, 0.3) is 0 Å². The minimum Gasteiger partial charge on any atom is -0.388 e. The Hall–Kier alpha value is -1.40. The predicted molar refractivity (Wildman–Crippen MR) is 74.2 cm³/mol. The van der Waals surface area contributed by atoms with Crippen LogP contribution in [0.15, 0.2) is 46.9 Å². The molecule has 0 spiro atoms. The van der Waals surface area contributed by atoms with Crippen LogP contribution in [0, 0.1) is 5.82 Å². The molecule has 0 heterocycles. The van der Waals surface area contributed by atoms with E-state index in [0.29, 0.717) is 10.0 Å². The molecule has 1 nitrogen and oxygen atoms in total. The third kappa shape index (κ3) is 4.04. The largest absolute Gasteiger partial charge is 0.416 e. The van der Waals surface area contributed by atoms with Gasteiger partial charge in [-0.2, -0.15) is 13.2 Å². The summed E-state index contributed by atoms with van der Waals surface area (Å²) in [5, 5.41) is 10.1. The molecule has 0 aliphatic heterocycles. The molecule has 0 aromatic heterocycles. The second-order valence-electron chi connectivity index (χ2n) is 4.58. The number of hydrogen-bond acceptors (Lipinski definition) is 1. The molecule has 2 aromatic carbocycles. The van der Waals surface area contributed by atoms with Gasteiger partial charge < -0.3 is 5.11 Å². The summed E-state index contributed by atoms with van der Waals surface area (Å²) in [6.45, 7) is 0. The molecule has 1 atom stereocenters. The Labute approximate surface area is 127 Å². The molecule has 0 saturated heterocycles. The lowest BCUT2D eigenvalue weighted by atomic mass is 9.99. The molecule has 1 N–H and O–H groups in total. The highest BCUT2D eigenvalue weighted by Crippen LogP contribution is 2.32. The zero-order chi connectivity index (χ0) is 15.6. The van der Waals surface area contributed by atoms with Crippen molar-refractivity contribution in [2.75, 3.05) is 0 Å². The average molecular weight is 363 g/mol. The maximum atomic E-state index is 13.2. The molecule has 0 aliphatic rings. The molecule has 2 rings (SSSR count). The van der Waals surface area contributed by atoms with Gasteiger partial charge in [0.2, 0.25) is 0 Å². The number of halogens is 5. The maximum absolute atomic E-state index is 13.2. The molecule has 6 heteroatoms. The molecule has 0 bridgehead atoms. The van der Waals surface area contributed by atoms with Crippen molar-refractivity contribution in [1.29, 1.82) is 0 Å². The van der Waals surface area contributed by atoms with Gasteiger partial charge in [-0.1, -0.05) is 28.1 Å². The fourth-order valence-electron chi connectivity index (χ4n) is 1.95. The fourth-order valence-corrected chi connectivity index (χ4v) is 2.36. The topological polar surface area (TPSA) is 20.2 Å². The summed E-state index contributed by atoms with van der Waals surface area (Å²) in [6.07, 6.45) is -5.60. The summed E-state index contributed by atoms with van der Waals surface area (Å²) >= 11 is 3.22. The van der Waals surface area contributed by atoms with Crippen molar-refractivity contribution in [1.82, 2.24) is 0 Å². The third-order valence-electron chi connectivity index (χ3n) is 3.02. The smallest absolute Gasteiger partial charge is 0.388 e. The predicted octanol–water partition coefficient (Wildman–Crippen LogP) is 4.88. The Bertz CT molecular complexity index is 640. The normalized spacial score (nSPS) is 13.2. The Kier molecular flexibility index (Phi) is 4.68. The monoisotopic (exact) mass is 362 g/mol. The number of alkyl halides is 3. The van der Waals surface area contributed by atoms with Gasteiger partial charge >= 0.3 is 6.18 Å². The van der Waals surface area contributed by atoms with E-state index in [1.54, 1.807) is 0 Å². The third-order valence-corrected chi connectivity index (χ3v) is 3.79. The van der Waals surface area contributed by atoms with Crippen molar-refractivity contribution >= 4 is 15.9 Å². The van der Waals surface area contributed by atoms with Gasteiger partial charge in [-0.25, -0.2) is 4.39 Å². The Morgan fingerprint density at radius 3 is 2.48 bits per heavy atom. The second kappa shape index (κ2) is 6.15. The van der Waals surface area contributed by atoms with Crippen LogP contribution in [0.4, 0.5) is 17.6 Å². The summed E-state index contributed by atoms with van der Waals surface area (Å²) in [4.78, 5) is 0. The quantitative estimate of drug-likeness (QED) is 0.771. The van der Waals surface area contributed by atoms with Crippen LogP contribution in [-0.2, 0) is 12.6 Å². The highest BCUT2D eigenvalue weighted by Gasteiger charge is 2.30. The standard InChI is InChI=1S/C15H11BrF4O/c16-13-5-4-12(17)7-10(13)8-14(21)9-2-1-3-11(6-9)15(18,19)20/h1-7,14,21H,8H2. The van der Waals surface area contributed by atoms with Crippen molar-refractivity contribution in [3.8, 4) is 0 Å². The van der Waals surface area contributed by atoms with Crippen molar-refractivity contribution < 1.29 is 22.7 Å². The minimum atomic E-state index is -4.46. The lowest BCUT2D eigenvalue weighted by Gasteiger charge is -2.14. The van der Waals surface area contributed by atoms with E-state index in [1.165, 1.54) is 30.3 Å². The molecule has 1 unspecified atom stereocenters. The number of rotatable bonds is 3. The van der Waals surface area contributed by atoms with Gasteiger partial charge in [-0.05, 0) is 41.5 Å². The zero-order valence-electron chi connectivity index (χ0n) is 10.7. The first-order chi connectivity index (χ1) is 9.77. The van der Waals surface area contributed by atoms with Gasteiger partial charge in [0.1, 0.15) is 5.82 Å². The van der Waals surface area contributed by atoms with Crippen molar-refractivity contribution in [3.63, 3.8) is 0 Å². The zero-order valence-corrected chi connectivity index (χ0v) is 12.2. The Morgan fingerprint density at radius 1 is 1.10 bits per heavy atom. The Balaban J connectivity index is 2.24. The van der Waals surface area contributed by atoms with Gasteiger partial charge in [-0.15, -0.1) is 0 Å². The van der Waals surface area contributed by atoms with E-state index in [9.17, 15) is 22.7 Å². The van der Waals surface area contributed by atoms with Gasteiger partial charge in [0.05, 0.1) is 11.7 Å². The van der Waals surface area contributed by atoms with E-state index in [1.807, 2.05) is 0 Å². The lowest BCUT2D eigenvalue weighted by Crippen LogP contribution is -2.08. The van der Waals surface area contributed by atoms with Crippen LogP contribution in [0.1, 0.15) is 22.8 Å². The number of aliphatic hydroxyl groups excluding tert-OH is 1. The first kappa shape index (κ1) is 16.0. The van der Waals surface area contributed by atoms with E-state index in [-0.39, 0.29) is 12.0 Å². The molecular weight excluding hydrogens is 352 g/mol. The summed E-state index contributed by atoms with van der Waals surface area (Å²) in [6, 6.07) is 8.47. The van der Waals surface area contributed by atoms with E-state index in [4.69, 9.17) is 0 Å². The summed E-state index contributed by atoms with van der Waals surface area (Å²) in [7, 11) is 0. The molecular formula is C15H11BrF4O. The fraction of sp³-hybridized carbons (Fsp3) is 0.200. The maximum Gasteiger partial charge on any atom is 0.416 e. The van der Waals surface area contributed by atoms with Crippen LogP contribution in [0.3, 0.4) is 0 Å². The molecule has 0 radical (unpaired) electrons. The van der Waals surface area contributed by atoms with Crippen molar-refractivity contribution in [2.24, 2.45) is 0 Å². The van der Waals surface area contributed by atoms with Crippen LogP contribution in [0.2, 0.25) is 0 Å². The number of benzene rings is 2. The number of hydrogen-bond donors (Lipinski definition) is 1. The SMILES string of the molecule is OC(Cc1cc(F)ccc1Br)c1cccc(C(F)(F)F)c1. The summed E-state index contributed by atoms with van der Waals surface area (Å²) < 4.78 is 51.7. The van der Waals surface area contributed by atoms with Crippen LogP contribution in [0.25, 0.3) is 0 Å². The molecule has 0 saturated carbocycles. The van der Waals surface area contributed by atoms with Gasteiger partial charge in [-0.3, -0.25) is 0 Å². The van der Waals surface area contributed by atoms with E-state index < -0.39 is 23.7 Å². The average Bonchev–Trinajstić information content (AvgIpc) is 2.42. The van der Waals surface area contributed by atoms with Gasteiger partial charge in [0, 0.05) is 10.9 Å². The minimum absolute atomic E-state index is 0.0135. The Morgan fingerprint density at radius 2 is 1.81 bits per heavy atom. The van der Waals surface area contributed by atoms with Gasteiger partial charge in [0.15, 0.2) is 0 Å². The second-order valence-corrected chi connectivity index (χ2v) is 5.43. The van der Waals surface area contributed by atoms with Crippen LogP contribution in [0.5, 0.6) is 0 Å². The van der Waals surface area contributed by atoms with Crippen LogP contribution >= 0.6 is 15.9 Å². The van der Waals surface area contributed by atoms with Crippen molar-refractivity contribution in [2.45, 2.75) is 18.7 Å². The summed E-state index contributed by atoms with van der Waals surface area (Å²) in [5.74, 6) is -0.468. The highest BCUT2D eigenvalue weighted by molar-refractivity contribution is 9.10. The molecule has 0 aliphatic carbocycles. The lowest BCUT2D eigenvalue weighted by molar-refractivity contribution is -0.137. The van der Waals surface area contributed by atoms with Crippen LogP contribution in [-0.4, -0.2) is 5.11 Å². The highest BCUT2D eigenvalue weighted by atomic mass is 79.9. The van der Waals surface area contributed by atoms with E-state index in [0.717, 1.165) is 12.1 Å². The molecule has 21 heavy (non-hydrogen) atoms. The summed E-state index contributed by atoms with van der Waals surface area (Å²) in [5.41, 5.74) is -0.196. The first-order valence-electron chi connectivity index (χ1n) is 6.06. The van der Waals surface area contributed by atoms with Crippen molar-refractivity contribution in [3.05, 3.63) is 69.4 Å². The first-order valence-corrected chi connectivity index (χ1v) is 6.86. The van der Waals surface area contributed by atoms with Crippen LogP contribution < -0.4 is 0 Å². The molecule has 2 aromatic rings. The molecule has 0 amide bonds. The molecule has 0 fully saturated rings. The van der Waals surface area contributed by atoms with E-state index in [2.05, 4.69) is 15.9 Å².